The molecule has 1 atom stereocenters. The minimum atomic E-state index is -0.307. The number of benzene rings is 1. The summed E-state index contributed by atoms with van der Waals surface area (Å²) in [7, 11) is 0. The van der Waals surface area contributed by atoms with Gasteiger partial charge in [0, 0.05) is 23.7 Å². The molecule has 1 aromatic carbocycles. The molecule has 0 bridgehead atoms. The lowest BCUT2D eigenvalue weighted by atomic mass is 10.1. The van der Waals surface area contributed by atoms with Crippen LogP contribution in [-0.2, 0) is 9.53 Å². The number of nitrogens with one attached hydrogen (secondary N) is 1. The van der Waals surface area contributed by atoms with Crippen molar-refractivity contribution in [3.05, 3.63) is 47.0 Å². The largest absolute Gasteiger partial charge is 0.463 e. The zero-order valence-electron chi connectivity index (χ0n) is 10.7. The van der Waals surface area contributed by atoms with Gasteiger partial charge in [-0.25, -0.2) is 4.79 Å². The van der Waals surface area contributed by atoms with Crippen LogP contribution in [0.3, 0.4) is 0 Å². The molecule has 0 heterocycles. The smallest absolute Gasteiger partial charge is 0.330 e. The number of halogens is 1. The van der Waals surface area contributed by atoms with Gasteiger partial charge in [0.25, 0.3) is 0 Å². The maximum absolute atomic E-state index is 11.0. The second kappa shape index (κ2) is 7.90. The Morgan fingerprint density at radius 2 is 2.11 bits per heavy atom. The van der Waals surface area contributed by atoms with Crippen molar-refractivity contribution in [2.24, 2.45) is 0 Å². The lowest BCUT2D eigenvalue weighted by Gasteiger charge is -2.12. The Morgan fingerprint density at radius 3 is 2.72 bits per heavy atom. The van der Waals surface area contributed by atoms with Crippen molar-refractivity contribution in [2.45, 2.75) is 19.9 Å². The topological polar surface area (TPSA) is 38.3 Å². The first-order valence-corrected chi connectivity index (χ1v) is 6.33. The Bertz CT molecular complexity index is 401. The summed E-state index contributed by atoms with van der Waals surface area (Å²) in [6.45, 7) is 4.86. The van der Waals surface area contributed by atoms with Crippen LogP contribution in [0.15, 0.2) is 36.4 Å². The summed E-state index contributed by atoms with van der Waals surface area (Å²) >= 11 is 5.82. The van der Waals surface area contributed by atoms with Gasteiger partial charge in [0.05, 0.1) is 6.61 Å². The minimum Gasteiger partial charge on any atom is -0.463 e. The van der Waals surface area contributed by atoms with Crippen LogP contribution in [0.4, 0.5) is 0 Å². The van der Waals surface area contributed by atoms with Crippen LogP contribution in [0.25, 0.3) is 0 Å². The summed E-state index contributed by atoms with van der Waals surface area (Å²) in [5.41, 5.74) is 1.16. The van der Waals surface area contributed by atoms with Crippen LogP contribution >= 0.6 is 11.6 Å². The van der Waals surface area contributed by atoms with E-state index in [1.165, 1.54) is 6.08 Å². The molecule has 1 rings (SSSR count). The van der Waals surface area contributed by atoms with E-state index in [2.05, 4.69) is 12.2 Å². The Balaban J connectivity index is 2.35. The number of carbonyl (C=O) groups excluding carboxylic acids is 1. The van der Waals surface area contributed by atoms with Crippen LogP contribution in [0.5, 0.6) is 0 Å². The molecule has 0 saturated heterocycles. The Kier molecular flexibility index (Phi) is 6.47. The Morgan fingerprint density at radius 1 is 1.44 bits per heavy atom. The summed E-state index contributed by atoms with van der Waals surface area (Å²) in [6.07, 6.45) is 3.19. The molecule has 0 aliphatic heterocycles. The summed E-state index contributed by atoms with van der Waals surface area (Å²) < 4.78 is 4.78. The van der Waals surface area contributed by atoms with E-state index in [0.29, 0.717) is 13.2 Å². The molecular weight excluding hydrogens is 250 g/mol. The first kappa shape index (κ1) is 14.7. The molecule has 0 spiro atoms. The van der Waals surface area contributed by atoms with Gasteiger partial charge >= 0.3 is 5.97 Å². The quantitative estimate of drug-likeness (QED) is 0.636. The second-order valence-electron chi connectivity index (χ2n) is 3.84. The van der Waals surface area contributed by atoms with E-state index >= 15 is 0 Å². The molecule has 0 amide bonds. The third kappa shape index (κ3) is 5.34. The summed E-state index contributed by atoms with van der Waals surface area (Å²) in [5, 5.41) is 4.01. The van der Waals surface area contributed by atoms with Crippen LogP contribution in [0.2, 0.25) is 5.02 Å². The molecule has 0 unspecified atom stereocenters. The van der Waals surface area contributed by atoms with Gasteiger partial charge in [0.1, 0.15) is 0 Å². The number of carbonyl (C=O) groups is 1. The Labute approximate surface area is 113 Å². The van der Waals surface area contributed by atoms with E-state index in [-0.39, 0.29) is 12.0 Å². The molecule has 3 nitrogen and oxygen atoms in total. The number of hydrogen-bond donors (Lipinski definition) is 1. The van der Waals surface area contributed by atoms with Crippen LogP contribution < -0.4 is 5.32 Å². The van der Waals surface area contributed by atoms with E-state index < -0.39 is 0 Å². The van der Waals surface area contributed by atoms with Gasteiger partial charge in [-0.15, -0.1) is 0 Å². The first-order chi connectivity index (χ1) is 8.63. The second-order valence-corrected chi connectivity index (χ2v) is 4.27. The number of rotatable bonds is 6. The zero-order chi connectivity index (χ0) is 13.4. The van der Waals surface area contributed by atoms with Crippen molar-refractivity contribution < 1.29 is 9.53 Å². The van der Waals surface area contributed by atoms with Gasteiger partial charge in [-0.3, -0.25) is 0 Å². The van der Waals surface area contributed by atoms with Crippen LogP contribution in [0, 0.1) is 0 Å². The molecule has 0 fully saturated rings. The first-order valence-electron chi connectivity index (χ1n) is 5.95. The van der Waals surface area contributed by atoms with Crippen molar-refractivity contribution in [3.8, 4) is 0 Å². The molecule has 1 aromatic rings. The highest BCUT2D eigenvalue weighted by Gasteiger charge is 2.02. The standard InChI is InChI=1S/C14H18ClNO2/c1-3-18-14(17)5-4-10-16-11(2)12-6-8-13(15)9-7-12/h4-9,11,16H,3,10H2,1-2H3/b5-4+/t11-/m1/s1. The number of esters is 1. The van der Waals surface area contributed by atoms with Gasteiger partial charge in [-0.2, -0.15) is 0 Å². The SMILES string of the molecule is CCOC(=O)/C=C/CN[C@H](C)c1ccc(Cl)cc1. The molecule has 98 valence electrons. The van der Waals surface area contributed by atoms with E-state index in [1.807, 2.05) is 24.3 Å². The third-order valence-corrected chi connectivity index (χ3v) is 2.70. The predicted octanol–water partition coefficient (Wildman–Crippen LogP) is 3.11. The fourth-order valence-corrected chi connectivity index (χ4v) is 1.59. The van der Waals surface area contributed by atoms with Crippen molar-refractivity contribution in [1.82, 2.24) is 5.32 Å². The molecule has 0 aliphatic rings. The van der Waals surface area contributed by atoms with E-state index in [0.717, 1.165) is 10.6 Å². The fourth-order valence-electron chi connectivity index (χ4n) is 1.46. The highest BCUT2D eigenvalue weighted by molar-refractivity contribution is 6.30. The number of hydrogen-bond acceptors (Lipinski definition) is 3. The Hall–Kier alpha value is -1.32. The molecule has 0 aromatic heterocycles. The maximum Gasteiger partial charge on any atom is 0.330 e. The molecule has 1 N–H and O–H groups in total. The number of ether oxygens (including phenoxy) is 1. The molecule has 0 saturated carbocycles. The monoisotopic (exact) mass is 267 g/mol. The van der Waals surface area contributed by atoms with E-state index in [1.54, 1.807) is 13.0 Å². The minimum absolute atomic E-state index is 0.203. The van der Waals surface area contributed by atoms with Crippen LogP contribution in [0.1, 0.15) is 25.5 Å². The van der Waals surface area contributed by atoms with Crippen molar-refractivity contribution in [1.29, 1.82) is 0 Å². The lowest BCUT2D eigenvalue weighted by Crippen LogP contribution is -2.18. The molecule has 0 aliphatic carbocycles. The van der Waals surface area contributed by atoms with E-state index in [9.17, 15) is 4.79 Å². The van der Waals surface area contributed by atoms with Gasteiger partial charge < -0.3 is 10.1 Å². The zero-order valence-corrected chi connectivity index (χ0v) is 11.4. The molecule has 0 radical (unpaired) electrons. The normalized spacial score (nSPS) is 12.6. The van der Waals surface area contributed by atoms with Crippen LogP contribution in [-0.4, -0.2) is 19.1 Å². The van der Waals surface area contributed by atoms with Crippen molar-refractivity contribution in [2.75, 3.05) is 13.2 Å². The molecule has 4 heteroatoms. The average Bonchev–Trinajstić information content (AvgIpc) is 2.35. The lowest BCUT2D eigenvalue weighted by molar-refractivity contribution is -0.137. The van der Waals surface area contributed by atoms with Gasteiger partial charge in [-0.1, -0.05) is 29.8 Å². The molecule has 18 heavy (non-hydrogen) atoms. The third-order valence-electron chi connectivity index (χ3n) is 2.45. The highest BCUT2D eigenvalue weighted by atomic mass is 35.5. The van der Waals surface area contributed by atoms with Gasteiger partial charge in [0.2, 0.25) is 0 Å². The fraction of sp³-hybridized carbons (Fsp3) is 0.357. The average molecular weight is 268 g/mol. The summed E-state index contributed by atoms with van der Waals surface area (Å²) in [6, 6.07) is 7.89. The van der Waals surface area contributed by atoms with Gasteiger partial charge in [-0.05, 0) is 31.5 Å². The predicted molar refractivity (Wildman–Crippen MR) is 73.6 cm³/mol. The van der Waals surface area contributed by atoms with Gasteiger partial charge in [0.15, 0.2) is 0 Å². The summed E-state index contributed by atoms with van der Waals surface area (Å²) in [4.78, 5) is 11.0. The van der Waals surface area contributed by atoms with Crippen molar-refractivity contribution >= 4 is 17.6 Å². The van der Waals surface area contributed by atoms with E-state index in [4.69, 9.17) is 16.3 Å². The highest BCUT2D eigenvalue weighted by Crippen LogP contribution is 2.15. The van der Waals surface area contributed by atoms with Crippen molar-refractivity contribution in [3.63, 3.8) is 0 Å². The molecular formula is C14H18ClNO2. The maximum atomic E-state index is 11.0. The summed E-state index contributed by atoms with van der Waals surface area (Å²) in [5.74, 6) is -0.307.